The first kappa shape index (κ1) is 31.2. The van der Waals surface area contributed by atoms with Gasteiger partial charge in [0.05, 0.1) is 22.9 Å². The van der Waals surface area contributed by atoms with Gasteiger partial charge in [-0.2, -0.15) is 0 Å². The van der Waals surface area contributed by atoms with Gasteiger partial charge in [-0.25, -0.2) is 14.2 Å². The summed E-state index contributed by atoms with van der Waals surface area (Å²) in [5.41, 5.74) is 3.43. The van der Waals surface area contributed by atoms with E-state index in [0.29, 0.717) is 34.5 Å². The number of carbonyl (C=O) groups is 3. The number of hydrogen-bond acceptors (Lipinski definition) is 6. The standard InChI is InChI=1S/C34H37FN6O4/c1-33(2,3)45-32(44)37-19-24(20-11-13-22(35)14-12-20)30(42)40-26-17-21(15-16-36-26)28-29(38-23-9-7-6-8-10-23)27-25(39-28)18-34(4,5)41-31(27)43/h6-17,24,38-39H,18-19H2,1-5H3,(H,37,44)(H,41,43)(H,36,40,42). The van der Waals surface area contributed by atoms with Crippen LogP contribution in [0.1, 0.15) is 62.2 Å². The molecule has 5 N–H and O–H groups in total. The molecular weight excluding hydrogens is 575 g/mol. The number of pyridine rings is 1. The highest BCUT2D eigenvalue weighted by atomic mass is 19.1. The summed E-state index contributed by atoms with van der Waals surface area (Å²) in [4.78, 5) is 47.1. The zero-order valence-electron chi connectivity index (χ0n) is 25.9. The number of halogens is 1. The predicted octanol–water partition coefficient (Wildman–Crippen LogP) is 6.27. The highest BCUT2D eigenvalue weighted by Crippen LogP contribution is 2.39. The van der Waals surface area contributed by atoms with Crippen molar-refractivity contribution in [1.82, 2.24) is 20.6 Å². The number of carbonyl (C=O) groups excluding carboxylic acids is 3. The SMILES string of the molecule is CC1(C)Cc2[nH]c(-c3ccnc(NC(=O)C(CNC(=O)OC(C)(C)C)c4ccc(F)cc4)c3)c(Nc3ccccc3)c2C(=O)N1. The topological polar surface area (TPSA) is 137 Å². The quantitative estimate of drug-likeness (QED) is 0.159. The Balaban J connectivity index is 1.45. The lowest BCUT2D eigenvalue weighted by atomic mass is 9.91. The van der Waals surface area contributed by atoms with E-state index in [-0.39, 0.29) is 18.3 Å². The number of anilines is 3. The number of benzene rings is 2. The van der Waals surface area contributed by atoms with E-state index in [4.69, 9.17) is 4.74 Å². The molecule has 45 heavy (non-hydrogen) atoms. The van der Waals surface area contributed by atoms with E-state index in [2.05, 4.69) is 31.2 Å². The summed E-state index contributed by atoms with van der Waals surface area (Å²) in [5.74, 6) is -1.72. The fourth-order valence-electron chi connectivity index (χ4n) is 5.22. The second kappa shape index (κ2) is 12.4. The Labute approximate surface area is 261 Å². The zero-order chi connectivity index (χ0) is 32.4. The van der Waals surface area contributed by atoms with Gasteiger partial charge in [-0.3, -0.25) is 9.59 Å². The first-order valence-corrected chi connectivity index (χ1v) is 14.7. The number of ether oxygens (including phenoxy) is 1. The fraction of sp³-hybridized carbons (Fsp3) is 0.294. The molecule has 1 aliphatic rings. The van der Waals surface area contributed by atoms with Gasteiger partial charge in [0.1, 0.15) is 17.2 Å². The van der Waals surface area contributed by atoms with Crippen LogP contribution >= 0.6 is 0 Å². The number of nitrogens with one attached hydrogen (secondary N) is 5. The number of rotatable bonds is 8. The number of amides is 3. The number of aromatic nitrogens is 2. The molecule has 10 nitrogen and oxygen atoms in total. The minimum atomic E-state index is -0.873. The lowest BCUT2D eigenvalue weighted by molar-refractivity contribution is -0.117. The van der Waals surface area contributed by atoms with Crippen molar-refractivity contribution in [2.45, 2.75) is 58.1 Å². The van der Waals surface area contributed by atoms with Gasteiger partial charge in [0.15, 0.2) is 0 Å². The van der Waals surface area contributed by atoms with Crippen LogP contribution in [0.15, 0.2) is 72.9 Å². The van der Waals surface area contributed by atoms with Crippen molar-refractivity contribution in [2.24, 2.45) is 0 Å². The van der Waals surface area contributed by atoms with E-state index in [1.165, 1.54) is 24.3 Å². The summed E-state index contributed by atoms with van der Waals surface area (Å²) < 4.78 is 19.0. The number of nitrogens with zero attached hydrogens (tertiary/aromatic N) is 1. The normalized spacial score (nSPS) is 14.5. The van der Waals surface area contributed by atoms with E-state index >= 15 is 0 Å². The van der Waals surface area contributed by atoms with Crippen LogP contribution in [0.5, 0.6) is 0 Å². The van der Waals surface area contributed by atoms with Crippen molar-refractivity contribution < 1.29 is 23.5 Å². The Bertz CT molecular complexity index is 1710. The summed E-state index contributed by atoms with van der Waals surface area (Å²) in [7, 11) is 0. The molecule has 3 heterocycles. The number of para-hydroxylation sites is 1. The molecule has 0 radical (unpaired) electrons. The smallest absolute Gasteiger partial charge is 0.407 e. The first-order chi connectivity index (χ1) is 21.3. The number of alkyl carbamates (subject to hydrolysis) is 1. The molecule has 2 aromatic carbocycles. The van der Waals surface area contributed by atoms with E-state index < -0.39 is 34.9 Å². The molecule has 4 aromatic rings. The van der Waals surface area contributed by atoms with Crippen LogP contribution in [0.4, 0.5) is 26.4 Å². The number of hydrogen-bond donors (Lipinski definition) is 5. The molecule has 11 heteroatoms. The second-order valence-corrected chi connectivity index (χ2v) is 12.6. The van der Waals surface area contributed by atoms with Crippen LogP contribution in [-0.4, -0.2) is 45.6 Å². The van der Waals surface area contributed by atoms with Crippen molar-refractivity contribution in [3.8, 4) is 11.3 Å². The lowest BCUT2D eigenvalue weighted by Crippen LogP contribution is -2.49. The Morgan fingerprint density at radius 2 is 1.78 bits per heavy atom. The van der Waals surface area contributed by atoms with Gasteiger partial charge in [0.2, 0.25) is 5.91 Å². The van der Waals surface area contributed by atoms with Crippen LogP contribution in [0.3, 0.4) is 0 Å². The van der Waals surface area contributed by atoms with Crippen molar-refractivity contribution >= 4 is 35.1 Å². The molecule has 5 rings (SSSR count). The summed E-state index contributed by atoms with van der Waals surface area (Å²) in [6.07, 6.45) is 1.48. The van der Waals surface area contributed by atoms with Crippen LogP contribution < -0.4 is 21.3 Å². The first-order valence-electron chi connectivity index (χ1n) is 14.7. The van der Waals surface area contributed by atoms with Gasteiger partial charge in [-0.1, -0.05) is 30.3 Å². The number of H-pyrrole nitrogens is 1. The Kier molecular flexibility index (Phi) is 8.63. The van der Waals surface area contributed by atoms with Crippen LogP contribution in [0, 0.1) is 5.82 Å². The lowest BCUT2D eigenvalue weighted by Gasteiger charge is -2.30. The highest BCUT2D eigenvalue weighted by Gasteiger charge is 2.35. The molecule has 0 aliphatic carbocycles. The minimum absolute atomic E-state index is 0.0918. The third-order valence-corrected chi connectivity index (χ3v) is 7.16. The average molecular weight is 613 g/mol. The molecule has 2 aromatic heterocycles. The molecule has 1 unspecified atom stereocenters. The zero-order valence-corrected chi connectivity index (χ0v) is 25.9. The van der Waals surface area contributed by atoms with E-state index in [1.54, 1.807) is 39.1 Å². The molecule has 3 amide bonds. The largest absolute Gasteiger partial charge is 0.444 e. The van der Waals surface area contributed by atoms with Gasteiger partial charge in [0, 0.05) is 41.6 Å². The monoisotopic (exact) mass is 612 g/mol. The Morgan fingerprint density at radius 1 is 1.07 bits per heavy atom. The van der Waals surface area contributed by atoms with Gasteiger partial charge < -0.3 is 31.0 Å². The second-order valence-electron chi connectivity index (χ2n) is 12.6. The van der Waals surface area contributed by atoms with Gasteiger partial charge in [-0.05, 0) is 76.6 Å². The molecule has 234 valence electrons. The van der Waals surface area contributed by atoms with Gasteiger partial charge >= 0.3 is 6.09 Å². The number of fused-ring (bicyclic) bond motifs is 1. The third kappa shape index (κ3) is 7.67. The van der Waals surface area contributed by atoms with Crippen molar-refractivity contribution in [3.05, 3.63) is 95.6 Å². The molecule has 0 saturated heterocycles. The Hall–Kier alpha value is -5.19. The van der Waals surface area contributed by atoms with Crippen molar-refractivity contribution in [2.75, 3.05) is 17.2 Å². The maximum absolute atomic E-state index is 13.7. The summed E-state index contributed by atoms with van der Waals surface area (Å²) >= 11 is 0. The summed E-state index contributed by atoms with van der Waals surface area (Å²) in [5, 5.41) is 12.0. The van der Waals surface area contributed by atoms with Gasteiger partial charge in [-0.15, -0.1) is 0 Å². The molecule has 0 bridgehead atoms. The maximum Gasteiger partial charge on any atom is 0.407 e. The minimum Gasteiger partial charge on any atom is -0.444 e. The highest BCUT2D eigenvalue weighted by molar-refractivity contribution is 6.07. The molecule has 1 atom stereocenters. The average Bonchev–Trinajstić information content (AvgIpc) is 3.31. The molecule has 0 fully saturated rings. The number of aromatic amines is 1. The van der Waals surface area contributed by atoms with Crippen molar-refractivity contribution in [1.29, 1.82) is 0 Å². The summed E-state index contributed by atoms with van der Waals surface area (Å²) in [6, 6.07) is 18.5. The van der Waals surface area contributed by atoms with Gasteiger partial charge in [0.25, 0.3) is 5.91 Å². The van der Waals surface area contributed by atoms with E-state index in [9.17, 15) is 18.8 Å². The molecule has 0 saturated carbocycles. The predicted molar refractivity (Wildman–Crippen MR) is 171 cm³/mol. The van der Waals surface area contributed by atoms with Crippen LogP contribution in [0.2, 0.25) is 0 Å². The maximum atomic E-state index is 13.7. The van der Waals surface area contributed by atoms with Crippen molar-refractivity contribution in [3.63, 3.8) is 0 Å². The van der Waals surface area contributed by atoms with Crippen LogP contribution in [-0.2, 0) is 16.0 Å². The van der Waals surface area contributed by atoms with E-state index in [0.717, 1.165) is 11.4 Å². The summed E-state index contributed by atoms with van der Waals surface area (Å²) in [6.45, 7) is 9.06. The van der Waals surface area contributed by atoms with Crippen LogP contribution in [0.25, 0.3) is 11.3 Å². The fourth-order valence-corrected chi connectivity index (χ4v) is 5.22. The Morgan fingerprint density at radius 3 is 2.47 bits per heavy atom. The molecule has 1 aliphatic heterocycles. The molecular formula is C34H37FN6O4. The third-order valence-electron chi connectivity index (χ3n) is 7.16. The molecule has 0 spiro atoms. The van der Waals surface area contributed by atoms with E-state index in [1.807, 2.05) is 44.2 Å².